The van der Waals surface area contributed by atoms with E-state index in [-0.39, 0.29) is 57.2 Å². The summed E-state index contributed by atoms with van der Waals surface area (Å²) >= 11 is 0. The second kappa shape index (κ2) is 15.0. The van der Waals surface area contributed by atoms with Crippen molar-refractivity contribution < 1.29 is 52.6 Å². The molecule has 15 nitrogen and oxygen atoms in total. The summed E-state index contributed by atoms with van der Waals surface area (Å²) in [5.41, 5.74) is 5.90. The van der Waals surface area contributed by atoms with Gasteiger partial charge >= 0.3 is 11.9 Å². The second-order valence-electron chi connectivity index (χ2n) is 16.8. The first-order chi connectivity index (χ1) is 31.1. The highest BCUT2D eigenvalue weighted by molar-refractivity contribution is 6.04. The lowest BCUT2D eigenvalue weighted by atomic mass is 9.65. The van der Waals surface area contributed by atoms with Crippen LogP contribution in [0.5, 0.6) is 28.7 Å². The van der Waals surface area contributed by atoms with Crippen LogP contribution in [0.15, 0.2) is 88.9 Å². The summed E-state index contributed by atoms with van der Waals surface area (Å²) in [7, 11) is 4.68. The van der Waals surface area contributed by atoms with Gasteiger partial charge in [-0.1, -0.05) is 37.3 Å². The Kier molecular flexibility index (Phi) is 9.31. The molecule has 4 aromatic carbocycles. The van der Waals surface area contributed by atoms with Crippen LogP contribution < -0.4 is 29.0 Å². The Hall–Kier alpha value is -7.13. The number of hydrogen-bond donors (Lipinski definition) is 2. The first-order valence-corrected chi connectivity index (χ1v) is 21.3. The van der Waals surface area contributed by atoms with E-state index >= 15 is 0 Å². The molecule has 2 unspecified atom stereocenters. The Labute approximate surface area is 367 Å². The Morgan fingerprint density at radius 1 is 0.922 bits per heavy atom. The fourth-order valence-electron chi connectivity index (χ4n) is 10.7. The summed E-state index contributed by atoms with van der Waals surface area (Å²) in [6, 6.07) is 22.3. The third-order valence-electron chi connectivity index (χ3n) is 13.8. The van der Waals surface area contributed by atoms with Crippen molar-refractivity contribution in [2.45, 2.75) is 49.9 Å². The van der Waals surface area contributed by atoms with Crippen LogP contribution in [0.25, 0.3) is 10.9 Å². The predicted octanol–water partition coefficient (Wildman–Crippen LogP) is 6.61. The SMILES string of the molecule is CC[C@@]1(O)C(=O)OCC2=C1CC1c3nc4ccccc4c(C=Nc4ccccc4N[C@@H]4c5cc6c(cc5[C@@H](c5cc(OC)c(OC)c(OC)c5)C5C(=O)OC[C@@H]54)OCO6)c3CN1C2=O. The van der Waals surface area contributed by atoms with Gasteiger partial charge in [-0.15, -0.1) is 0 Å². The lowest BCUT2D eigenvalue weighted by molar-refractivity contribution is -0.165. The highest BCUT2D eigenvalue weighted by atomic mass is 16.7. The molecule has 64 heavy (non-hydrogen) atoms. The van der Waals surface area contributed by atoms with Gasteiger partial charge in [-0.25, -0.2) is 4.79 Å². The number of esters is 2. The number of para-hydroxylation sites is 3. The largest absolute Gasteiger partial charge is 0.493 e. The number of aliphatic hydroxyl groups is 1. The summed E-state index contributed by atoms with van der Waals surface area (Å²) in [4.78, 5) is 52.9. The van der Waals surface area contributed by atoms with Crippen molar-refractivity contribution in [1.82, 2.24) is 9.88 Å². The number of fused-ring (bicyclic) bond motifs is 7. The number of amides is 1. The number of nitrogens with one attached hydrogen (secondary N) is 1. The maximum Gasteiger partial charge on any atom is 0.342 e. The van der Waals surface area contributed by atoms with Crippen LogP contribution >= 0.6 is 0 Å². The smallest absolute Gasteiger partial charge is 0.342 e. The molecule has 0 bridgehead atoms. The number of nitrogens with zero attached hydrogens (tertiary/aromatic N) is 3. The first-order valence-electron chi connectivity index (χ1n) is 21.3. The zero-order valence-corrected chi connectivity index (χ0v) is 35.5. The minimum Gasteiger partial charge on any atom is -0.493 e. The van der Waals surface area contributed by atoms with Crippen LogP contribution in [0.1, 0.15) is 71.3 Å². The molecule has 1 fully saturated rings. The Morgan fingerprint density at radius 2 is 1.66 bits per heavy atom. The number of ether oxygens (including phenoxy) is 7. The molecule has 5 aromatic rings. The van der Waals surface area contributed by atoms with E-state index in [1.54, 1.807) is 33.2 Å². The predicted molar refractivity (Wildman–Crippen MR) is 231 cm³/mol. The van der Waals surface area contributed by atoms with Crippen LogP contribution in [0.3, 0.4) is 0 Å². The van der Waals surface area contributed by atoms with E-state index in [0.29, 0.717) is 51.3 Å². The average molecular weight is 865 g/mol. The third kappa shape index (κ3) is 5.86. The van der Waals surface area contributed by atoms with Gasteiger partial charge in [-0.05, 0) is 77.6 Å². The van der Waals surface area contributed by atoms with Gasteiger partial charge in [0.2, 0.25) is 12.5 Å². The van der Waals surface area contributed by atoms with Crippen molar-refractivity contribution in [3.8, 4) is 28.7 Å². The summed E-state index contributed by atoms with van der Waals surface area (Å²) in [5, 5.41) is 16.2. The number of aliphatic imine (C=N–C) groups is 1. The first kappa shape index (κ1) is 39.7. The van der Waals surface area contributed by atoms with E-state index in [2.05, 4.69) is 5.32 Å². The van der Waals surface area contributed by atoms with E-state index in [0.717, 1.165) is 44.4 Å². The number of methoxy groups -OCH3 is 3. The maximum atomic E-state index is 14.1. The third-order valence-corrected chi connectivity index (χ3v) is 13.8. The van der Waals surface area contributed by atoms with Gasteiger partial charge in [0.1, 0.15) is 6.61 Å². The van der Waals surface area contributed by atoms with Gasteiger partial charge < -0.3 is 48.5 Å². The molecular weight excluding hydrogens is 821 g/mol. The zero-order valence-electron chi connectivity index (χ0n) is 35.5. The number of carbonyl (C=O) groups excluding carboxylic acids is 3. The van der Waals surface area contributed by atoms with E-state index in [9.17, 15) is 19.5 Å². The molecular formula is C49H44N4O11. The van der Waals surface area contributed by atoms with Crippen LogP contribution in [-0.2, 0) is 30.4 Å². The van der Waals surface area contributed by atoms with Crippen LogP contribution in [0.4, 0.5) is 11.4 Å². The lowest BCUT2D eigenvalue weighted by Gasteiger charge is -2.41. The minimum atomic E-state index is -1.87. The van der Waals surface area contributed by atoms with E-state index in [1.807, 2.05) is 79.0 Å². The number of hydrogen-bond acceptors (Lipinski definition) is 14. The van der Waals surface area contributed by atoms with Gasteiger partial charge in [0.15, 0.2) is 28.6 Å². The second-order valence-corrected chi connectivity index (χ2v) is 16.8. The number of benzene rings is 4. The number of aromatic nitrogens is 1. The number of carbonyl (C=O) groups is 3. The summed E-state index contributed by atoms with van der Waals surface area (Å²) in [6.45, 7) is 2.06. The molecule has 1 amide bonds. The molecule has 1 aliphatic carbocycles. The normalized spacial score (nSPS) is 25.0. The van der Waals surface area contributed by atoms with Crippen LogP contribution in [0.2, 0.25) is 0 Å². The van der Waals surface area contributed by atoms with Gasteiger partial charge in [0.05, 0.1) is 74.1 Å². The molecule has 5 aliphatic heterocycles. The quantitative estimate of drug-likeness (QED) is 0.120. The molecule has 0 saturated carbocycles. The molecule has 0 radical (unpaired) electrons. The molecule has 1 aromatic heterocycles. The lowest BCUT2D eigenvalue weighted by Crippen LogP contribution is -2.51. The highest BCUT2D eigenvalue weighted by Gasteiger charge is 2.54. The van der Waals surface area contributed by atoms with Crippen molar-refractivity contribution in [2.75, 3.05) is 46.7 Å². The zero-order chi connectivity index (χ0) is 44.0. The van der Waals surface area contributed by atoms with Crippen molar-refractivity contribution in [3.63, 3.8) is 0 Å². The van der Waals surface area contributed by atoms with Crippen molar-refractivity contribution in [3.05, 3.63) is 117 Å². The molecule has 6 heterocycles. The molecule has 2 N–H and O–H groups in total. The molecule has 1 saturated heterocycles. The van der Waals surface area contributed by atoms with E-state index < -0.39 is 35.5 Å². The fourth-order valence-corrected chi connectivity index (χ4v) is 10.7. The number of anilines is 1. The summed E-state index contributed by atoms with van der Waals surface area (Å²) in [5.74, 6) is -0.113. The van der Waals surface area contributed by atoms with Crippen molar-refractivity contribution in [1.29, 1.82) is 0 Å². The van der Waals surface area contributed by atoms with E-state index in [4.69, 9.17) is 43.1 Å². The van der Waals surface area contributed by atoms with Crippen LogP contribution in [-0.4, -0.2) is 86.0 Å². The number of pyridine rings is 1. The fraction of sp³-hybridized carbons (Fsp3) is 0.327. The molecule has 11 rings (SSSR count). The van der Waals surface area contributed by atoms with Gasteiger partial charge in [0, 0.05) is 41.1 Å². The summed E-state index contributed by atoms with van der Waals surface area (Å²) < 4.78 is 40.2. The molecule has 6 atom stereocenters. The van der Waals surface area contributed by atoms with Gasteiger partial charge in [-0.2, -0.15) is 0 Å². The number of cyclic esters (lactones) is 2. The number of rotatable bonds is 9. The highest BCUT2D eigenvalue weighted by Crippen LogP contribution is 2.57. The molecule has 6 aliphatic rings. The topological polar surface area (TPSA) is 177 Å². The summed E-state index contributed by atoms with van der Waals surface area (Å²) in [6.07, 6.45) is 2.18. The van der Waals surface area contributed by atoms with Gasteiger partial charge in [-0.3, -0.25) is 19.6 Å². The average Bonchev–Trinajstić information content (AvgIpc) is 4.05. The van der Waals surface area contributed by atoms with Crippen molar-refractivity contribution in [2.24, 2.45) is 16.8 Å². The molecule has 326 valence electrons. The van der Waals surface area contributed by atoms with Crippen LogP contribution in [0, 0.1) is 11.8 Å². The van der Waals surface area contributed by atoms with Crippen molar-refractivity contribution >= 4 is 46.3 Å². The Balaban J connectivity index is 0.987. The molecule has 0 spiro atoms. The Morgan fingerprint density at radius 3 is 2.41 bits per heavy atom. The standard InChI is InChI=1S/C49H44N4O11/c1-5-49(57)32-18-36-44-29(20-53(36)46(54)30(32)21-62-48(49)56)28(25-10-6-7-11-33(25)51-44)19-50-34-12-8-9-13-35(34)52-43-27-17-38-37(63-23-64-38)16-26(27)41(42-31(43)22-61-47(42)55)24-14-39(58-2)45(60-4)40(15-24)59-3/h6-17,19,31,36,41-43,52,57H,5,18,20-23H2,1-4H3/t31-,36?,41+,42?,43+,49-/m0/s1. The molecule has 15 heteroatoms. The Bertz CT molecular complexity index is 2870. The maximum absolute atomic E-state index is 14.1. The van der Waals surface area contributed by atoms with Gasteiger partial charge in [0.25, 0.3) is 5.91 Å². The monoisotopic (exact) mass is 864 g/mol. The van der Waals surface area contributed by atoms with E-state index in [1.165, 1.54) is 0 Å². The minimum absolute atomic E-state index is 0.0750.